The Balaban J connectivity index is 2.13. The Morgan fingerprint density at radius 1 is 1.33 bits per heavy atom. The predicted molar refractivity (Wildman–Crippen MR) is 79.5 cm³/mol. The van der Waals surface area contributed by atoms with Crippen molar-refractivity contribution in [3.63, 3.8) is 0 Å². The minimum atomic E-state index is -3.20. The highest BCUT2D eigenvalue weighted by atomic mass is 32.2. The fourth-order valence-electron chi connectivity index (χ4n) is 2.85. The number of imide groups is 1. The molecular formula is C14H24N2O4S. The molecule has 7 heteroatoms. The van der Waals surface area contributed by atoms with Gasteiger partial charge in [0.15, 0.2) is 0 Å². The number of amides is 3. The Morgan fingerprint density at radius 2 is 1.95 bits per heavy atom. The van der Waals surface area contributed by atoms with Crippen LogP contribution in [0.1, 0.15) is 39.5 Å². The number of urea groups is 1. The van der Waals surface area contributed by atoms with Crippen LogP contribution < -0.4 is 5.32 Å². The van der Waals surface area contributed by atoms with Crippen molar-refractivity contribution in [1.29, 1.82) is 0 Å². The average Bonchev–Trinajstić information content (AvgIpc) is 3.14. The molecule has 1 heterocycles. The zero-order valence-corrected chi connectivity index (χ0v) is 13.7. The van der Waals surface area contributed by atoms with Gasteiger partial charge in [-0.1, -0.05) is 13.8 Å². The molecule has 1 saturated heterocycles. The zero-order chi connectivity index (χ0) is 15.8. The maximum Gasteiger partial charge on any atom is 0.325 e. The second-order valence-corrected chi connectivity index (χ2v) is 8.95. The molecule has 2 fully saturated rings. The monoisotopic (exact) mass is 316 g/mol. The van der Waals surface area contributed by atoms with Gasteiger partial charge in [-0.25, -0.2) is 13.2 Å². The van der Waals surface area contributed by atoms with Crippen LogP contribution in [0.5, 0.6) is 0 Å². The van der Waals surface area contributed by atoms with Crippen molar-refractivity contribution < 1.29 is 18.0 Å². The minimum Gasteiger partial charge on any atom is -0.323 e. The lowest BCUT2D eigenvalue weighted by Gasteiger charge is -2.27. The Kier molecular flexibility index (Phi) is 4.33. The first kappa shape index (κ1) is 16.3. The maximum atomic E-state index is 12.7. The van der Waals surface area contributed by atoms with Crippen LogP contribution in [0, 0.1) is 11.8 Å². The molecule has 0 aromatic heterocycles. The van der Waals surface area contributed by atoms with Gasteiger partial charge >= 0.3 is 6.03 Å². The lowest BCUT2D eigenvalue weighted by Crippen LogP contribution is -2.49. The number of nitrogens with one attached hydrogen (secondary N) is 1. The van der Waals surface area contributed by atoms with Gasteiger partial charge in [0.25, 0.3) is 5.91 Å². The van der Waals surface area contributed by atoms with Gasteiger partial charge in [-0.15, -0.1) is 0 Å². The topological polar surface area (TPSA) is 83.6 Å². The van der Waals surface area contributed by atoms with Gasteiger partial charge in [0, 0.05) is 12.8 Å². The van der Waals surface area contributed by atoms with Gasteiger partial charge < -0.3 is 5.32 Å². The minimum absolute atomic E-state index is 0.0559. The molecule has 1 N–H and O–H groups in total. The summed E-state index contributed by atoms with van der Waals surface area (Å²) in [7, 11) is -3.20. The van der Waals surface area contributed by atoms with E-state index in [1.807, 2.05) is 0 Å². The number of hydrogen-bond acceptors (Lipinski definition) is 4. The fourth-order valence-corrected chi connectivity index (χ4v) is 3.36. The van der Waals surface area contributed by atoms with Gasteiger partial charge in [0.05, 0.1) is 5.75 Å². The highest BCUT2D eigenvalue weighted by molar-refractivity contribution is 7.90. The molecule has 0 bridgehead atoms. The van der Waals surface area contributed by atoms with Crippen molar-refractivity contribution in [1.82, 2.24) is 10.2 Å². The highest BCUT2D eigenvalue weighted by Crippen LogP contribution is 2.45. The Morgan fingerprint density at radius 3 is 2.43 bits per heavy atom. The summed E-state index contributed by atoms with van der Waals surface area (Å²) >= 11 is 0. The first-order valence-corrected chi connectivity index (χ1v) is 9.53. The van der Waals surface area contributed by atoms with E-state index in [0.29, 0.717) is 12.3 Å². The molecule has 0 unspecified atom stereocenters. The number of nitrogens with zero attached hydrogens (tertiary/aromatic N) is 1. The van der Waals surface area contributed by atoms with Gasteiger partial charge in [-0.3, -0.25) is 9.69 Å². The lowest BCUT2D eigenvalue weighted by molar-refractivity contribution is -0.132. The van der Waals surface area contributed by atoms with Crippen molar-refractivity contribution in [3.8, 4) is 0 Å². The third-order valence-corrected chi connectivity index (χ3v) is 5.20. The number of carbonyl (C=O) groups excluding carboxylic acids is 2. The van der Waals surface area contributed by atoms with E-state index in [1.165, 1.54) is 0 Å². The summed E-state index contributed by atoms with van der Waals surface area (Å²) in [5.74, 6) is 0.238. The molecule has 1 saturated carbocycles. The summed E-state index contributed by atoms with van der Waals surface area (Å²) in [6.07, 6.45) is 4.50. The van der Waals surface area contributed by atoms with E-state index in [2.05, 4.69) is 19.2 Å². The van der Waals surface area contributed by atoms with Crippen LogP contribution in [0.25, 0.3) is 0 Å². The summed E-state index contributed by atoms with van der Waals surface area (Å²) in [5, 5.41) is 2.86. The van der Waals surface area contributed by atoms with Gasteiger partial charge in [-0.2, -0.15) is 0 Å². The standard InChI is InChI=1S/C14H24N2O4S/c1-10(2)6-7-14(11-4-5-11)12(17)16(13(18)15-14)8-9-21(3,19)20/h10-11H,4-9H2,1-3H3,(H,15,18)/t14-/m0/s1. The van der Waals surface area contributed by atoms with Gasteiger partial charge in [-0.05, 0) is 37.5 Å². The molecule has 0 radical (unpaired) electrons. The molecule has 0 spiro atoms. The van der Waals surface area contributed by atoms with Crippen LogP contribution >= 0.6 is 0 Å². The zero-order valence-electron chi connectivity index (χ0n) is 12.9. The highest BCUT2D eigenvalue weighted by Gasteiger charge is 2.58. The third kappa shape index (κ3) is 3.56. The molecule has 3 amide bonds. The van der Waals surface area contributed by atoms with E-state index in [0.717, 1.165) is 30.4 Å². The van der Waals surface area contributed by atoms with Crippen molar-refractivity contribution in [2.45, 2.75) is 45.1 Å². The second kappa shape index (κ2) is 5.59. The summed E-state index contributed by atoms with van der Waals surface area (Å²) in [6, 6.07) is -0.445. The molecule has 2 rings (SSSR count). The van der Waals surface area contributed by atoms with Crippen LogP contribution in [0.2, 0.25) is 0 Å². The van der Waals surface area contributed by atoms with Crippen LogP contribution in [-0.2, 0) is 14.6 Å². The van der Waals surface area contributed by atoms with Crippen molar-refractivity contribution in [2.24, 2.45) is 11.8 Å². The second-order valence-electron chi connectivity index (χ2n) is 6.69. The van der Waals surface area contributed by atoms with Crippen molar-refractivity contribution >= 4 is 21.8 Å². The quantitative estimate of drug-likeness (QED) is 0.715. The Labute approximate surface area is 126 Å². The molecule has 2 aliphatic rings. The van der Waals surface area contributed by atoms with Crippen molar-refractivity contribution in [2.75, 3.05) is 18.6 Å². The van der Waals surface area contributed by atoms with Crippen LogP contribution in [0.15, 0.2) is 0 Å². The molecule has 6 nitrogen and oxygen atoms in total. The van der Waals surface area contributed by atoms with Crippen LogP contribution in [0.3, 0.4) is 0 Å². The Hall–Kier alpha value is -1.11. The largest absolute Gasteiger partial charge is 0.325 e. The third-order valence-electron chi connectivity index (χ3n) is 4.28. The Bertz CT molecular complexity index is 539. The molecule has 1 aliphatic carbocycles. The maximum absolute atomic E-state index is 12.7. The van der Waals surface area contributed by atoms with Gasteiger partial charge in [0.2, 0.25) is 0 Å². The van der Waals surface area contributed by atoms with E-state index in [9.17, 15) is 18.0 Å². The fraction of sp³-hybridized carbons (Fsp3) is 0.857. The number of hydrogen-bond donors (Lipinski definition) is 1. The molecule has 21 heavy (non-hydrogen) atoms. The number of carbonyl (C=O) groups is 2. The van der Waals surface area contributed by atoms with E-state index < -0.39 is 21.4 Å². The molecular weight excluding hydrogens is 292 g/mol. The van der Waals surface area contributed by atoms with Gasteiger partial charge in [0.1, 0.15) is 15.4 Å². The first-order chi connectivity index (χ1) is 9.66. The van der Waals surface area contributed by atoms with Crippen LogP contribution in [0.4, 0.5) is 4.79 Å². The van der Waals surface area contributed by atoms with E-state index in [1.54, 1.807) is 0 Å². The summed E-state index contributed by atoms with van der Waals surface area (Å²) in [4.78, 5) is 25.9. The summed E-state index contributed by atoms with van der Waals surface area (Å²) < 4.78 is 22.5. The predicted octanol–water partition coefficient (Wildman–Crippen LogP) is 1.17. The molecule has 1 aliphatic heterocycles. The number of rotatable bonds is 7. The van der Waals surface area contributed by atoms with Crippen molar-refractivity contribution in [3.05, 3.63) is 0 Å². The summed E-state index contributed by atoms with van der Waals surface area (Å²) in [5.41, 5.74) is -0.793. The SMILES string of the molecule is CC(C)CC[C@@]1(C2CC2)NC(=O)N(CCS(C)(=O)=O)C1=O. The summed E-state index contributed by atoms with van der Waals surface area (Å²) in [6.45, 7) is 4.12. The van der Waals surface area contributed by atoms with E-state index in [-0.39, 0.29) is 24.1 Å². The van der Waals surface area contributed by atoms with E-state index in [4.69, 9.17) is 0 Å². The van der Waals surface area contributed by atoms with Crippen LogP contribution in [-0.4, -0.2) is 49.3 Å². The molecule has 0 aromatic carbocycles. The molecule has 1 atom stereocenters. The molecule has 120 valence electrons. The number of sulfone groups is 1. The first-order valence-electron chi connectivity index (χ1n) is 7.47. The van der Waals surface area contributed by atoms with E-state index >= 15 is 0 Å². The lowest BCUT2D eigenvalue weighted by atomic mass is 9.85. The average molecular weight is 316 g/mol. The normalized spacial score (nSPS) is 26.6. The molecule has 0 aromatic rings. The smallest absolute Gasteiger partial charge is 0.323 e.